The third-order valence-electron chi connectivity index (χ3n) is 4.57. The summed E-state index contributed by atoms with van der Waals surface area (Å²) in [6.45, 7) is 5.36. The number of aromatic nitrogens is 2. The number of hydrogen-bond donors (Lipinski definition) is 1. The van der Waals surface area contributed by atoms with Gasteiger partial charge in [0.2, 0.25) is 0 Å². The molecule has 1 aliphatic carbocycles. The fourth-order valence-corrected chi connectivity index (χ4v) is 3.57. The van der Waals surface area contributed by atoms with Crippen molar-refractivity contribution in [1.82, 2.24) is 9.97 Å². The summed E-state index contributed by atoms with van der Waals surface area (Å²) in [6, 6.07) is 2.63. The Balaban J connectivity index is 1.89. The molecule has 2 heterocycles. The van der Waals surface area contributed by atoms with Crippen molar-refractivity contribution in [3.63, 3.8) is 0 Å². The van der Waals surface area contributed by atoms with Gasteiger partial charge in [0, 0.05) is 24.6 Å². The van der Waals surface area contributed by atoms with E-state index >= 15 is 0 Å². The van der Waals surface area contributed by atoms with E-state index in [1.54, 1.807) is 0 Å². The van der Waals surface area contributed by atoms with E-state index < -0.39 is 0 Å². The van der Waals surface area contributed by atoms with Gasteiger partial charge in [-0.3, -0.25) is 0 Å². The maximum atomic E-state index is 5.96. The minimum Gasteiger partial charge on any atom is -0.384 e. The van der Waals surface area contributed by atoms with Crippen LogP contribution in [-0.4, -0.2) is 22.6 Å². The average Bonchev–Trinajstić information content (AvgIpc) is 2.81. The minimum absolute atomic E-state index is 0.326. The molecule has 1 aromatic heterocycles. The summed E-state index contributed by atoms with van der Waals surface area (Å²) in [5.74, 6) is 3.72. The molecule has 2 aliphatic rings. The van der Waals surface area contributed by atoms with Crippen molar-refractivity contribution in [3.05, 3.63) is 11.9 Å². The Kier molecular flexibility index (Phi) is 3.33. The molecule has 104 valence electrons. The second-order valence-electron chi connectivity index (χ2n) is 6.26. The van der Waals surface area contributed by atoms with E-state index in [-0.39, 0.29) is 0 Å². The molecule has 3 rings (SSSR count). The van der Waals surface area contributed by atoms with Crippen molar-refractivity contribution in [1.29, 1.82) is 0 Å². The SMILES string of the molecule is CC(C)c1nc(N)cc(N2CCC3CCCCC32)n1. The van der Waals surface area contributed by atoms with Crippen LogP contribution >= 0.6 is 0 Å². The highest BCUT2D eigenvalue weighted by molar-refractivity contribution is 5.49. The van der Waals surface area contributed by atoms with Crippen LogP contribution in [0.1, 0.15) is 57.7 Å². The first kappa shape index (κ1) is 12.7. The van der Waals surface area contributed by atoms with Gasteiger partial charge in [0.25, 0.3) is 0 Å². The van der Waals surface area contributed by atoms with Crippen LogP contribution in [0.15, 0.2) is 6.07 Å². The third kappa shape index (κ3) is 2.40. The van der Waals surface area contributed by atoms with Crippen molar-refractivity contribution >= 4 is 11.6 Å². The van der Waals surface area contributed by atoms with Gasteiger partial charge in [-0.05, 0) is 25.2 Å². The molecule has 2 N–H and O–H groups in total. The number of nitrogen functional groups attached to an aromatic ring is 1. The fourth-order valence-electron chi connectivity index (χ4n) is 3.57. The molecule has 1 saturated carbocycles. The summed E-state index contributed by atoms with van der Waals surface area (Å²) < 4.78 is 0. The van der Waals surface area contributed by atoms with E-state index in [2.05, 4.69) is 23.7 Å². The van der Waals surface area contributed by atoms with Crippen LogP contribution in [-0.2, 0) is 0 Å². The third-order valence-corrected chi connectivity index (χ3v) is 4.57. The normalized spacial score (nSPS) is 26.8. The molecule has 0 amide bonds. The molecule has 0 radical (unpaired) electrons. The lowest BCUT2D eigenvalue weighted by Crippen LogP contribution is -2.35. The first-order valence-corrected chi connectivity index (χ1v) is 7.56. The van der Waals surface area contributed by atoms with Gasteiger partial charge in [-0.25, -0.2) is 9.97 Å². The van der Waals surface area contributed by atoms with Crippen LogP contribution in [0.25, 0.3) is 0 Å². The molecular formula is C15H24N4. The second kappa shape index (κ2) is 4.99. The number of hydrogen-bond acceptors (Lipinski definition) is 4. The Morgan fingerprint density at radius 1 is 1.21 bits per heavy atom. The highest BCUT2D eigenvalue weighted by atomic mass is 15.2. The topological polar surface area (TPSA) is 55.0 Å². The quantitative estimate of drug-likeness (QED) is 0.888. The van der Waals surface area contributed by atoms with Gasteiger partial charge in [-0.2, -0.15) is 0 Å². The second-order valence-corrected chi connectivity index (χ2v) is 6.26. The van der Waals surface area contributed by atoms with Crippen LogP contribution in [0.5, 0.6) is 0 Å². The summed E-state index contributed by atoms with van der Waals surface area (Å²) >= 11 is 0. The molecule has 0 bridgehead atoms. The molecule has 2 fully saturated rings. The standard InChI is InChI=1S/C15H24N4/c1-10(2)15-17-13(16)9-14(18-15)19-8-7-11-5-3-4-6-12(11)19/h9-12H,3-8H2,1-2H3,(H2,16,17,18). The first-order chi connectivity index (χ1) is 9.15. The van der Waals surface area contributed by atoms with Crippen molar-refractivity contribution in [3.8, 4) is 0 Å². The Hall–Kier alpha value is -1.32. The molecule has 0 spiro atoms. The van der Waals surface area contributed by atoms with Crippen LogP contribution in [0.4, 0.5) is 11.6 Å². The van der Waals surface area contributed by atoms with Gasteiger partial charge in [0.1, 0.15) is 17.5 Å². The lowest BCUT2D eigenvalue weighted by Gasteiger charge is -2.32. The Bertz CT molecular complexity index is 457. The van der Waals surface area contributed by atoms with Gasteiger partial charge < -0.3 is 10.6 Å². The zero-order valence-electron chi connectivity index (χ0n) is 12.0. The monoisotopic (exact) mass is 260 g/mol. The van der Waals surface area contributed by atoms with Crippen LogP contribution in [0.3, 0.4) is 0 Å². The van der Waals surface area contributed by atoms with Crippen molar-refractivity contribution in [2.75, 3.05) is 17.2 Å². The Morgan fingerprint density at radius 3 is 2.79 bits per heavy atom. The van der Waals surface area contributed by atoms with Gasteiger partial charge in [-0.1, -0.05) is 26.7 Å². The van der Waals surface area contributed by atoms with E-state index in [1.807, 2.05) is 6.07 Å². The van der Waals surface area contributed by atoms with Gasteiger partial charge >= 0.3 is 0 Å². The number of nitrogens with zero attached hydrogens (tertiary/aromatic N) is 3. The zero-order chi connectivity index (χ0) is 13.4. The summed E-state index contributed by atoms with van der Waals surface area (Å²) in [5.41, 5.74) is 5.96. The van der Waals surface area contributed by atoms with E-state index in [0.717, 1.165) is 24.1 Å². The molecule has 4 heteroatoms. The summed E-state index contributed by atoms with van der Waals surface area (Å²) in [4.78, 5) is 11.6. The van der Waals surface area contributed by atoms with E-state index in [1.165, 1.54) is 32.1 Å². The fraction of sp³-hybridized carbons (Fsp3) is 0.733. The average molecular weight is 260 g/mol. The highest BCUT2D eigenvalue weighted by Gasteiger charge is 2.36. The summed E-state index contributed by atoms with van der Waals surface area (Å²) in [6.07, 6.45) is 6.77. The molecular weight excluding hydrogens is 236 g/mol. The summed E-state index contributed by atoms with van der Waals surface area (Å²) in [7, 11) is 0. The largest absolute Gasteiger partial charge is 0.384 e. The molecule has 1 aliphatic heterocycles. The molecule has 0 aromatic carbocycles. The lowest BCUT2D eigenvalue weighted by atomic mass is 9.85. The molecule has 2 atom stereocenters. The van der Waals surface area contributed by atoms with Crippen molar-refractivity contribution in [2.24, 2.45) is 5.92 Å². The van der Waals surface area contributed by atoms with E-state index in [0.29, 0.717) is 17.8 Å². The lowest BCUT2D eigenvalue weighted by molar-refractivity contribution is 0.341. The van der Waals surface area contributed by atoms with Gasteiger partial charge in [0.05, 0.1) is 0 Å². The molecule has 4 nitrogen and oxygen atoms in total. The van der Waals surface area contributed by atoms with Crippen LogP contribution in [0.2, 0.25) is 0 Å². The number of nitrogens with two attached hydrogens (primary N) is 1. The molecule has 1 saturated heterocycles. The van der Waals surface area contributed by atoms with Crippen LogP contribution in [0, 0.1) is 5.92 Å². The van der Waals surface area contributed by atoms with Gasteiger partial charge in [-0.15, -0.1) is 0 Å². The minimum atomic E-state index is 0.326. The van der Waals surface area contributed by atoms with Crippen molar-refractivity contribution in [2.45, 2.75) is 57.9 Å². The number of anilines is 2. The van der Waals surface area contributed by atoms with Gasteiger partial charge in [0.15, 0.2) is 0 Å². The highest BCUT2D eigenvalue weighted by Crippen LogP contribution is 2.38. The Morgan fingerprint density at radius 2 is 2.00 bits per heavy atom. The smallest absolute Gasteiger partial charge is 0.135 e. The maximum absolute atomic E-state index is 5.96. The van der Waals surface area contributed by atoms with E-state index in [9.17, 15) is 0 Å². The number of rotatable bonds is 2. The maximum Gasteiger partial charge on any atom is 0.135 e. The number of fused-ring (bicyclic) bond motifs is 1. The Labute approximate surface area is 115 Å². The zero-order valence-corrected chi connectivity index (χ0v) is 12.0. The van der Waals surface area contributed by atoms with Crippen LogP contribution < -0.4 is 10.6 Å². The van der Waals surface area contributed by atoms with Crippen molar-refractivity contribution < 1.29 is 0 Å². The summed E-state index contributed by atoms with van der Waals surface area (Å²) in [5, 5.41) is 0. The molecule has 1 aromatic rings. The predicted octanol–water partition coefficient (Wildman–Crippen LogP) is 2.95. The van der Waals surface area contributed by atoms with E-state index in [4.69, 9.17) is 10.7 Å². The predicted molar refractivity (Wildman–Crippen MR) is 78.2 cm³/mol. The molecule has 2 unspecified atom stereocenters. The first-order valence-electron chi connectivity index (χ1n) is 7.56. The molecule has 19 heavy (non-hydrogen) atoms.